The van der Waals surface area contributed by atoms with E-state index in [4.69, 9.17) is 4.98 Å². The Bertz CT molecular complexity index is 413. The molecular formula is C17H29N3. The van der Waals surface area contributed by atoms with Crippen LogP contribution in [0.2, 0.25) is 0 Å². The zero-order chi connectivity index (χ0) is 14.4. The molecule has 1 N–H and O–H groups in total. The molecule has 3 nitrogen and oxygen atoms in total. The number of anilines is 1. The molecule has 1 saturated carbocycles. The molecule has 0 unspecified atom stereocenters. The van der Waals surface area contributed by atoms with Crippen LogP contribution in [-0.4, -0.2) is 25.1 Å². The molecule has 1 aliphatic carbocycles. The Morgan fingerprint density at radius 3 is 2.70 bits per heavy atom. The van der Waals surface area contributed by atoms with Crippen molar-refractivity contribution in [3.8, 4) is 0 Å². The summed E-state index contributed by atoms with van der Waals surface area (Å²) in [6.07, 6.45) is 6.38. The SMILES string of the molecule is CCCNCc1cc(CC)nc(N(C)CC2CCC2)c1. The van der Waals surface area contributed by atoms with E-state index in [-0.39, 0.29) is 0 Å². The van der Waals surface area contributed by atoms with Crippen LogP contribution >= 0.6 is 0 Å². The van der Waals surface area contributed by atoms with Crippen LogP contribution in [0.25, 0.3) is 0 Å². The molecule has 2 rings (SSSR count). The van der Waals surface area contributed by atoms with Gasteiger partial charge in [-0.05, 0) is 55.8 Å². The molecule has 112 valence electrons. The van der Waals surface area contributed by atoms with Crippen LogP contribution in [0.3, 0.4) is 0 Å². The molecule has 0 amide bonds. The molecule has 1 heterocycles. The van der Waals surface area contributed by atoms with Crippen molar-refractivity contribution in [3.05, 3.63) is 23.4 Å². The quantitative estimate of drug-likeness (QED) is 0.737. The standard InChI is InChI=1S/C17H29N3/c1-4-9-18-12-15-10-16(5-2)19-17(11-15)20(3)13-14-7-6-8-14/h10-11,14,18H,4-9,12-13H2,1-3H3. The third kappa shape index (κ3) is 4.20. The van der Waals surface area contributed by atoms with E-state index in [1.807, 2.05) is 0 Å². The first kappa shape index (κ1) is 15.3. The Hall–Kier alpha value is -1.09. The summed E-state index contributed by atoms with van der Waals surface area (Å²) in [6, 6.07) is 4.49. The minimum Gasteiger partial charge on any atom is -0.359 e. The number of nitrogens with one attached hydrogen (secondary N) is 1. The second kappa shape index (κ2) is 7.63. The lowest BCUT2D eigenvalue weighted by Gasteiger charge is -2.31. The van der Waals surface area contributed by atoms with Gasteiger partial charge in [0.2, 0.25) is 0 Å². The Labute approximate surface area is 123 Å². The highest BCUT2D eigenvalue weighted by atomic mass is 15.2. The van der Waals surface area contributed by atoms with Gasteiger partial charge in [0.15, 0.2) is 0 Å². The molecule has 1 fully saturated rings. The van der Waals surface area contributed by atoms with Crippen molar-refractivity contribution in [1.29, 1.82) is 0 Å². The van der Waals surface area contributed by atoms with Crippen molar-refractivity contribution >= 4 is 5.82 Å². The predicted octanol–water partition coefficient (Wildman–Crippen LogP) is 3.38. The molecule has 20 heavy (non-hydrogen) atoms. The summed E-state index contributed by atoms with van der Waals surface area (Å²) in [5.41, 5.74) is 2.57. The van der Waals surface area contributed by atoms with Crippen LogP contribution in [0.5, 0.6) is 0 Å². The van der Waals surface area contributed by atoms with Gasteiger partial charge in [0, 0.05) is 25.8 Å². The van der Waals surface area contributed by atoms with Crippen molar-refractivity contribution < 1.29 is 0 Å². The van der Waals surface area contributed by atoms with Gasteiger partial charge in [0.25, 0.3) is 0 Å². The average Bonchev–Trinajstić information content (AvgIpc) is 2.42. The summed E-state index contributed by atoms with van der Waals surface area (Å²) in [7, 11) is 2.18. The molecule has 1 aromatic heterocycles. The van der Waals surface area contributed by atoms with Gasteiger partial charge < -0.3 is 10.2 Å². The van der Waals surface area contributed by atoms with Crippen LogP contribution in [0.15, 0.2) is 12.1 Å². The Kier molecular flexibility index (Phi) is 5.84. The van der Waals surface area contributed by atoms with Crippen molar-refractivity contribution in [1.82, 2.24) is 10.3 Å². The zero-order valence-corrected chi connectivity index (χ0v) is 13.3. The van der Waals surface area contributed by atoms with Crippen molar-refractivity contribution in [2.24, 2.45) is 5.92 Å². The number of pyridine rings is 1. The molecule has 1 aliphatic rings. The molecule has 0 bridgehead atoms. The number of rotatable bonds is 8. The predicted molar refractivity (Wildman–Crippen MR) is 86.2 cm³/mol. The topological polar surface area (TPSA) is 28.2 Å². The molecular weight excluding hydrogens is 246 g/mol. The van der Waals surface area contributed by atoms with Gasteiger partial charge in [-0.1, -0.05) is 20.3 Å². The van der Waals surface area contributed by atoms with Crippen LogP contribution in [0, 0.1) is 5.92 Å². The summed E-state index contributed by atoms with van der Waals surface area (Å²) >= 11 is 0. The van der Waals surface area contributed by atoms with E-state index in [0.717, 1.165) is 37.8 Å². The van der Waals surface area contributed by atoms with Gasteiger partial charge in [-0.3, -0.25) is 0 Å². The molecule has 0 saturated heterocycles. The summed E-state index contributed by atoms with van der Waals surface area (Å²) in [5.74, 6) is 2.03. The Morgan fingerprint density at radius 2 is 2.10 bits per heavy atom. The van der Waals surface area contributed by atoms with Crippen LogP contribution in [0.4, 0.5) is 5.82 Å². The highest BCUT2D eigenvalue weighted by Gasteiger charge is 2.20. The molecule has 0 aromatic carbocycles. The van der Waals surface area contributed by atoms with Gasteiger partial charge in [-0.15, -0.1) is 0 Å². The van der Waals surface area contributed by atoms with Gasteiger partial charge in [-0.2, -0.15) is 0 Å². The van der Waals surface area contributed by atoms with E-state index in [9.17, 15) is 0 Å². The van der Waals surface area contributed by atoms with E-state index in [1.165, 1.54) is 36.9 Å². The van der Waals surface area contributed by atoms with Crippen LogP contribution < -0.4 is 10.2 Å². The summed E-state index contributed by atoms with van der Waals surface area (Å²) in [5, 5.41) is 3.49. The summed E-state index contributed by atoms with van der Waals surface area (Å²) in [6.45, 7) is 7.57. The van der Waals surface area contributed by atoms with E-state index in [1.54, 1.807) is 0 Å². The maximum absolute atomic E-state index is 4.79. The monoisotopic (exact) mass is 275 g/mol. The summed E-state index contributed by atoms with van der Waals surface area (Å²) in [4.78, 5) is 7.13. The molecule has 0 spiro atoms. The second-order valence-electron chi connectivity index (χ2n) is 6.03. The van der Waals surface area contributed by atoms with Gasteiger partial charge in [-0.25, -0.2) is 4.98 Å². The molecule has 0 aliphatic heterocycles. The Balaban J connectivity index is 2.03. The minimum absolute atomic E-state index is 0.883. The third-order valence-electron chi connectivity index (χ3n) is 4.19. The fourth-order valence-corrected chi connectivity index (χ4v) is 2.68. The lowest BCUT2D eigenvalue weighted by Crippen LogP contribution is -2.30. The van der Waals surface area contributed by atoms with E-state index < -0.39 is 0 Å². The number of aryl methyl sites for hydroxylation is 1. The molecule has 1 aromatic rings. The fourth-order valence-electron chi connectivity index (χ4n) is 2.68. The maximum Gasteiger partial charge on any atom is 0.128 e. The van der Waals surface area contributed by atoms with Gasteiger partial charge >= 0.3 is 0 Å². The molecule has 0 atom stereocenters. The average molecular weight is 275 g/mol. The highest BCUT2D eigenvalue weighted by molar-refractivity contribution is 5.42. The second-order valence-corrected chi connectivity index (χ2v) is 6.03. The number of nitrogens with zero attached hydrogens (tertiary/aromatic N) is 2. The number of hydrogen-bond donors (Lipinski definition) is 1. The first-order chi connectivity index (χ1) is 9.72. The highest BCUT2D eigenvalue weighted by Crippen LogP contribution is 2.28. The first-order valence-electron chi connectivity index (χ1n) is 8.14. The van der Waals surface area contributed by atoms with E-state index >= 15 is 0 Å². The largest absolute Gasteiger partial charge is 0.359 e. The molecule has 0 radical (unpaired) electrons. The van der Waals surface area contributed by atoms with Crippen molar-refractivity contribution in [3.63, 3.8) is 0 Å². The fraction of sp³-hybridized carbons (Fsp3) is 0.706. The summed E-state index contributed by atoms with van der Waals surface area (Å²) < 4.78 is 0. The number of hydrogen-bond acceptors (Lipinski definition) is 3. The van der Waals surface area contributed by atoms with Gasteiger partial charge in [0.05, 0.1) is 0 Å². The first-order valence-corrected chi connectivity index (χ1v) is 8.14. The smallest absolute Gasteiger partial charge is 0.128 e. The number of aromatic nitrogens is 1. The van der Waals surface area contributed by atoms with Crippen LogP contribution in [-0.2, 0) is 13.0 Å². The molecule has 3 heteroatoms. The maximum atomic E-state index is 4.79. The van der Waals surface area contributed by atoms with Crippen LogP contribution in [0.1, 0.15) is 50.8 Å². The minimum atomic E-state index is 0.883. The van der Waals surface area contributed by atoms with Crippen molar-refractivity contribution in [2.75, 3.05) is 25.0 Å². The Morgan fingerprint density at radius 1 is 1.30 bits per heavy atom. The normalized spacial score (nSPS) is 15.2. The van der Waals surface area contributed by atoms with E-state index in [2.05, 4.69) is 43.2 Å². The van der Waals surface area contributed by atoms with Crippen molar-refractivity contribution in [2.45, 2.75) is 52.5 Å². The lowest BCUT2D eigenvalue weighted by atomic mass is 9.85. The van der Waals surface area contributed by atoms with E-state index in [0.29, 0.717) is 0 Å². The van der Waals surface area contributed by atoms with Gasteiger partial charge in [0.1, 0.15) is 5.82 Å². The lowest BCUT2D eigenvalue weighted by molar-refractivity contribution is 0.321. The zero-order valence-electron chi connectivity index (χ0n) is 13.3. The third-order valence-corrected chi connectivity index (χ3v) is 4.19.